The molecule has 1 amide bonds. The zero-order valence-electron chi connectivity index (χ0n) is 14.9. The van der Waals surface area contributed by atoms with Crippen LogP contribution in [0.3, 0.4) is 0 Å². The van der Waals surface area contributed by atoms with Crippen molar-refractivity contribution < 1.29 is 19.1 Å². The monoisotopic (exact) mass is 400 g/mol. The molecule has 3 aromatic rings. The van der Waals surface area contributed by atoms with Gasteiger partial charge in [0.25, 0.3) is 0 Å². The van der Waals surface area contributed by atoms with Crippen LogP contribution >= 0.6 is 11.6 Å². The van der Waals surface area contributed by atoms with Crippen molar-refractivity contribution in [1.29, 1.82) is 0 Å². The van der Waals surface area contributed by atoms with Gasteiger partial charge in [0.1, 0.15) is 12.4 Å². The summed E-state index contributed by atoms with van der Waals surface area (Å²) in [7, 11) is 0. The summed E-state index contributed by atoms with van der Waals surface area (Å²) in [6.07, 6.45) is 0.260. The third-order valence-electron chi connectivity index (χ3n) is 4.24. The molecule has 7 heteroatoms. The van der Waals surface area contributed by atoms with Crippen LogP contribution in [0.2, 0.25) is 5.02 Å². The summed E-state index contributed by atoms with van der Waals surface area (Å²) < 4.78 is 14.8. The fraction of sp³-hybridized carbons (Fsp3) is 0.143. The van der Waals surface area contributed by atoms with Crippen molar-refractivity contribution in [2.75, 3.05) is 5.32 Å². The van der Waals surface area contributed by atoms with Gasteiger partial charge in [-0.2, -0.15) is 0 Å². The summed E-state index contributed by atoms with van der Waals surface area (Å²) in [6.45, 7) is -0.00269. The largest absolute Gasteiger partial charge is 0.481 e. The Hall–Kier alpha value is -3.12. The first-order valence-electron chi connectivity index (χ1n) is 8.64. The molecule has 3 rings (SSSR count). The fourth-order valence-electron chi connectivity index (χ4n) is 2.90. The number of hydrogen-bond donors (Lipinski definition) is 2. The van der Waals surface area contributed by atoms with Gasteiger partial charge in [-0.15, -0.1) is 0 Å². The minimum Gasteiger partial charge on any atom is -0.481 e. The van der Waals surface area contributed by atoms with Crippen LogP contribution in [0, 0.1) is 5.82 Å². The smallest absolute Gasteiger partial charge is 0.303 e. The van der Waals surface area contributed by atoms with Gasteiger partial charge in [0.15, 0.2) is 0 Å². The number of rotatable bonds is 7. The molecule has 28 heavy (non-hydrogen) atoms. The van der Waals surface area contributed by atoms with E-state index in [1.807, 2.05) is 24.3 Å². The van der Waals surface area contributed by atoms with Crippen molar-refractivity contribution in [3.8, 4) is 11.3 Å². The highest BCUT2D eigenvalue weighted by Gasteiger charge is 2.15. The molecule has 2 aromatic carbocycles. The highest BCUT2D eigenvalue weighted by atomic mass is 35.5. The molecule has 1 aromatic heterocycles. The SMILES string of the molecule is O=C(O)CCc1ccc(-c2ccc(Cl)cc2)n1CC(=O)Nc1ccc(F)cc1. The maximum atomic E-state index is 13.0. The van der Waals surface area contributed by atoms with E-state index < -0.39 is 5.97 Å². The Bertz CT molecular complexity index is 982. The molecule has 1 heterocycles. The highest BCUT2D eigenvalue weighted by Crippen LogP contribution is 2.25. The number of nitrogens with zero attached hydrogens (tertiary/aromatic N) is 1. The minimum atomic E-state index is -0.906. The van der Waals surface area contributed by atoms with Crippen molar-refractivity contribution >= 4 is 29.2 Å². The van der Waals surface area contributed by atoms with Crippen LogP contribution in [0.5, 0.6) is 0 Å². The molecule has 144 valence electrons. The number of aromatic nitrogens is 1. The van der Waals surface area contributed by atoms with Crippen LogP contribution < -0.4 is 5.32 Å². The fourth-order valence-corrected chi connectivity index (χ4v) is 3.03. The highest BCUT2D eigenvalue weighted by molar-refractivity contribution is 6.30. The van der Waals surface area contributed by atoms with Gasteiger partial charge in [0.05, 0.1) is 6.42 Å². The number of hydrogen-bond acceptors (Lipinski definition) is 2. The van der Waals surface area contributed by atoms with Gasteiger partial charge in [-0.1, -0.05) is 23.7 Å². The molecule has 0 bridgehead atoms. The van der Waals surface area contributed by atoms with Crippen LogP contribution in [0.15, 0.2) is 60.7 Å². The molecule has 0 aliphatic heterocycles. The number of carboxylic acids is 1. The number of aryl methyl sites for hydroxylation is 1. The summed E-state index contributed by atoms with van der Waals surface area (Å²) in [5.41, 5.74) is 2.87. The summed E-state index contributed by atoms with van der Waals surface area (Å²) >= 11 is 5.95. The van der Waals surface area contributed by atoms with Gasteiger partial charge >= 0.3 is 5.97 Å². The van der Waals surface area contributed by atoms with E-state index in [4.69, 9.17) is 16.7 Å². The Labute approximate surface area is 166 Å². The first-order valence-corrected chi connectivity index (χ1v) is 9.02. The lowest BCUT2D eigenvalue weighted by molar-refractivity contribution is -0.137. The van der Waals surface area contributed by atoms with Gasteiger partial charge in [-0.05, 0) is 60.5 Å². The molecule has 0 aliphatic carbocycles. The van der Waals surface area contributed by atoms with E-state index in [1.54, 1.807) is 16.7 Å². The second-order valence-electron chi connectivity index (χ2n) is 6.25. The average Bonchev–Trinajstić information content (AvgIpc) is 3.05. The molecule has 0 unspecified atom stereocenters. The van der Waals surface area contributed by atoms with E-state index in [0.717, 1.165) is 17.0 Å². The van der Waals surface area contributed by atoms with Crippen LogP contribution in [0.25, 0.3) is 11.3 Å². The van der Waals surface area contributed by atoms with Crippen LogP contribution in [-0.2, 0) is 22.6 Å². The number of carboxylic acid groups (broad SMARTS) is 1. The first kappa shape index (κ1) is 19.6. The first-order chi connectivity index (χ1) is 13.4. The van der Waals surface area contributed by atoms with Crippen molar-refractivity contribution in [3.63, 3.8) is 0 Å². The Morgan fingerprint density at radius 1 is 1.00 bits per heavy atom. The molecule has 0 spiro atoms. The van der Waals surface area contributed by atoms with Gasteiger partial charge in [-0.25, -0.2) is 4.39 Å². The van der Waals surface area contributed by atoms with E-state index in [2.05, 4.69) is 5.32 Å². The van der Waals surface area contributed by atoms with Crippen molar-refractivity contribution in [2.45, 2.75) is 19.4 Å². The Morgan fingerprint density at radius 3 is 2.32 bits per heavy atom. The predicted molar refractivity (Wildman–Crippen MR) is 106 cm³/mol. The molecular weight excluding hydrogens is 383 g/mol. The maximum absolute atomic E-state index is 13.0. The summed E-state index contributed by atoms with van der Waals surface area (Å²) in [5, 5.41) is 12.3. The number of benzene rings is 2. The molecule has 2 N–H and O–H groups in total. The molecule has 0 atom stereocenters. The Kier molecular flexibility index (Phi) is 6.11. The second-order valence-corrected chi connectivity index (χ2v) is 6.69. The number of aliphatic carboxylic acids is 1. The number of nitrogens with one attached hydrogen (secondary N) is 1. The summed E-state index contributed by atoms with van der Waals surface area (Å²) in [6, 6.07) is 16.4. The van der Waals surface area contributed by atoms with Crippen molar-refractivity contribution in [3.05, 3.63) is 77.2 Å². The van der Waals surface area contributed by atoms with Gasteiger partial charge in [0.2, 0.25) is 5.91 Å². The quantitative estimate of drug-likeness (QED) is 0.608. The predicted octanol–water partition coefficient (Wildman–Crippen LogP) is 4.60. The summed E-state index contributed by atoms with van der Waals surface area (Å²) in [4.78, 5) is 23.5. The van der Waals surface area contributed by atoms with Crippen molar-refractivity contribution in [2.24, 2.45) is 0 Å². The molecule has 0 saturated heterocycles. The average molecular weight is 401 g/mol. The number of carbonyl (C=O) groups excluding carboxylic acids is 1. The lowest BCUT2D eigenvalue weighted by Crippen LogP contribution is -2.21. The maximum Gasteiger partial charge on any atom is 0.303 e. The molecule has 0 saturated carbocycles. The van der Waals surface area contributed by atoms with Gasteiger partial charge in [0, 0.05) is 22.1 Å². The molecule has 0 fully saturated rings. The zero-order chi connectivity index (χ0) is 20.1. The van der Waals surface area contributed by atoms with Crippen LogP contribution in [0.1, 0.15) is 12.1 Å². The van der Waals surface area contributed by atoms with Crippen LogP contribution in [-0.4, -0.2) is 21.6 Å². The van der Waals surface area contributed by atoms with Crippen molar-refractivity contribution in [1.82, 2.24) is 4.57 Å². The third-order valence-corrected chi connectivity index (χ3v) is 4.49. The molecule has 0 radical (unpaired) electrons. The third kappa shape index (κ3) is 4.98. The molecule has 5 nitrogen and oxygen atoms in total. The topological polar surface area (TPSA) is 71.3 Å². The van der Waals surface area contributed by atoms with E-state index in [-0.39, 0.29) is 24.7 Å². The summed E-state index contributed by atoms with van der Waals surface area (Å²) in [5.74, 6) is -1.59. The van der Waals surface area contributed by atoms with E-state index >= 15 is 0 Å². The lowest BCUT2D eigenvalue weighted by atomic mass is 10.1. The van der Waals surface area contributed by atoms with E-state index in [9.17, 15) is 14.0 Å². The lowest BCUT2D eigenvalue weighted by Gasteiger charge is -2.14. The number of amides is 1. The number of anilines is 1. The zero-order valence-corrected chi connectivity index (χ0v) is 15.6. The minimum absolute atomic E-state index is 0.00269. The molecule has 0 aliphatic rings. The molecular formula is C21H18ClFN2O3. The Morgan fingerprint density at radius 2 is 1.68 bits per heavy atom. The van der Waals surface area contributed by atoms with Gasteiger partial charge < -0.3 is 15.0 Å². The standard InChI is InChI=1S/C21H18ClFN2O3/c22-15-3-1-14(2-4-15)19-11-9-18(10-12-21(27)28)25(19)13-20(26)24-17-7-5-16(23)6-8-17/h1-9,11H,10,12-13H2,(H,24,26)(H,27,28). The normalized spacial score (nSPS) is 10.6. The van der Waals surface area contributed by atoms with E-state index in [0.29, 0.717) is 17.1 Å². The van der Waals surface area contributed by atoms with Gasteiger partial charge in [-0.3, -0.25) is 9.59 Å². The van der Waals surface area contributed by atoms with Crippen LogP contribution in [0.4, 0.5) is 10.1 Å². The number of halogens is 2. The number of carbonyl (C=O) groups is 2. The van der Waals surface area contributed by atoms with E-state index in [1.165, 1.54) is 24.3 Å². The second kappa shape index (κ2) is 8.71. The Balaban J connectivity index is 1.86.